The van der Waals surface area contributed by atoms with Gasteiger partial charge in [-0.05, 0) is 31.0 Å². The topological polar surface area (TPSA) is 104 Å². The van der Waals surface area contributed by atoms with Gasteiger partial charge >= 0.3 is 5.97 Å². The Morgan fingerprint density at radius 2 is 1.90 bits per heavy atom. The smallest absolute Gasteiger partial charge is 0.337 e. The second kappa shape index (κ2) is 6.74. The van der Waals surface area contributed by atoms with Gasteiger partial charge in [0.25, 0.3) is 0 Å². The number of aliphatic hydroxyl groups is 1. The molecule has 0 bridgehead atoms. The maximum atomic E-state index is 12.3. The van der Waals surface area contributed by atoms with Crippen LogP contribution < -0.4 is 4.72 Å². The molecule has 0 unspecified atom stereocenters. The summed E-state index contributed by atoms with van der Waals surface area (Å²) in [7, 11) is -3.91. The highest BCUT2D eigenvalue weighted by Gasteiger charge is 2.31. The number of aromatic carboxylic acids is 1. The summed E-state index contributed by atoms with van der Waals surface area (Å²) < 4.78 is 27.1. The average molecular weight is 336 g/mol. The molecule has 0 atom stereocenters. The van der Waals surface area contributed by atoms with Gasteiger partial charge in [-0.1, -0.05) is 25.4 Å². The molecule has 0 spiro atoms. The van der Waals surface area contributed by atoms with Crippen LogP contribution in [-0.4, -0.2) is 36.7 Å². The maximum Gasteiger partial charge on any atom is 0.337 e. The summed E-state index contributed by atoms with van der Waals surface area (Å²) in [6.07, 6.45) is 0.834. The second-order valence-corrected chi connectivity index (χ2v) is 6.79. The van der Waals surface area contributed by atoms with Crippen LogP contribution in [-0.2, 0) is 10.0 Å². The lowest BCUT2D eigenvalue weighted by Gasteiger charge is -2.30. The molecule has 8 heteroatoms. The summed E-state index contributed by atoms with van der Waals surface area (Å²) in [6, 6.07) is 3.39. The van der Waals surface area contributed by atoms with Crippen molar-refractivity contribution < 1.29 is 23.4 Å². The molecule has 0 aliphatic rings. The van der Waals surface area contributed by atoms with Gasteiger partial charge in [-0.2, -0.15) is 0 Å². The lowest BCUT2D eigenvalue weighted by atomic mass is 9.96. The number of carbonyl (C=O) groups is 1. The van der Waals surface area contributed by atoms with Gasteiger partial charge in [0.2, 0.25) is 10.0 Å². The molecule has 21 heavy (non-hydrogen) atoms. The number of hydrogen-bond acceptors (Lipinski definition) is 4. The zero-order valence-electron chi connectivity index (χ0n) is 11.8. The fourth-order valence-corrected chi connectivity index (χ4v) is 3.72. The van der Waals surface area contributed by atoms with Gasteiger partial charge in [0.1, 0.15) is 0 Å². The van der Waals surface area contributed by atoms with Crippen molar-refractivity contribution >= 4 is 27.6 Å². The Kier molecular flexibility index (Phi) is 5.75. The molecule has 0 saturated heterocycles. The fourth-order valence-electron chi connectivity index (χ4n) is 1.83. The molecular formula is C13H18ClNO5S. The quantitative estimate of drug-likeness (QED) is 0.705. The first-order valence-corrected chi connectivity index (χ1v) is 8.25. The number of halogens is 1. The van der Waals surface area contributed by atoms with Crippen LogP contribution in [0.4, 0.5) is 0 Å². The van der Waals surface area contributed by atoms with Crippen molar-refractivity contribution in [1.82, 2.24) is 4.72 Å². The van der Waals surface area contributed by atoms with Crippen LogP contribution in [0.5, 0.6) is 0 Å². The number of benzene rings is 1. The standard InChI is InChI=1S/C13H18ClNO5S/c1-3-13(4-2,8-16)15-21(19,20)9-5-6-10(12(17)18)11(14)7-9/h5-7,15-16H,3-4,8H2,1-2H3,(H,17,18). The van der Waals surface area contributed by atoms with Crippen molar-refractivity contribution in [2.75, 3.05) is 6.61 Å². The number of hydrogen-bond donors (Lipinski definition) is 3. The van der Waals surface area contributed by atoms with Gasteiger partial charge in [0.05, 0.1) is 27.6 Å². The minimum atomic E-state index is -3.91. The Bertz CT molecular complexity index is 617. The van der Waals surface area contributed by atoms with E-state index in [0.29, 0.717) is 12.8 Å². The lowest BCUT2D eigenvalue weighted by Crippen LogP contribution is -2.50. The number of aliphatic hydroxyl groups excluding tert-OH is 1. The summed E-state index contributed by atoms with van der Waals surface area (Å²) in [4.78, 5) is 10.7. The van der Waals surface area contributed by atoms with E-state index in [-0.39, 0.29) is 22.1 Å². The zero-order chi connectivity index (χ0) is 16.3. The summed E-state index contributed by atoms with van der Waals surface area (Å²) >= 11 is 5.78. The van der Waals surface area contributed by atoms with Crippen molar-refractivity contribution in [2.45, 2.75) is 37.1 Å². The summed E-state index contributed by atoms with van der Waals surface area (Å²) in [5.74, 6) is -1.23. The molecule has 0 fully saturated rings. The van der Waals surface area contributed by atoms with E-state index in [1.54, 1.807) is 13.8 Å². The van der Waals surface area contributed by atoms with Crippen molar-refractivity contribution in [1.29, 1.82) is 0 Å². The largest absolute Gasteiger partial charge is 0.478 e. The van der Waals surface area contributed by atoms with Gasteiger partial charge in [-0.3, -0.25) is 0 Å². The van der Waals surface area contributed by atoms with Crippen molar-refractivity contribution in [3.8, 4) is 0 Å². The van der Waals surface area contributed by atoms with E-state index in [2.05, 4.69) is 4.72 Å². The molecule has 0 aromatic heterocycles. The van der Waals surface area contributed by atoms with Crippen molar-refractivity contribution in [2.24, 2.45) is 0 Å². The van der Waals surface area contributed by atoms with Gasteiger partial charge in [-0.25, -0.2) is 17.9 Å². The first-order valence-electron chi connectivity index (χ1n) is 6.39. The Balaban J connectivity index is 3.20. The van der Waals surface area contributed by atoms with Crippen LogP contribution in [0.25, 0.3) is 0 Å². The number of carboxylic acid groups (broad SMARTS) is 1. The first-order chi connectivity index (χ1) is 9.71. The van der Waals surface area contributed by atoms with Crippen LogP contribution in [0.15, 0.2) is 23.1 Å². The van der Waals surface area contributed by atoms with Crippen LogP contribution in [0, 0.1) is 0 Å². The molecule has 0 aliphatic carbocycles. The summed E-state index contributed by atoms with van der Waals surface area (Å²) in [5, 5.41) is 18.1. The fraction of sp³-hybridized carbons (Fsp3) is 0.462. The highest BCUT2D eigenvalue weighted by atomic mass is 35.5. The molecule has 1 aromatic carbocycles. The van der Waals surface area contributed by atoms with E-state index in [0.717, 1.165) is 12.1 Å². The third-order valence-corrected chi connectivity index (χ3v) is 5.38. The number of rotatable bonds is 7. The molecule has 1 rings (SSSR count). The zero-order valence-corrected chi connectivity index (χ0v) is 13.3. The summed E-state index contributed by atoms with van der Waals surface area (Å²) in [6.45, 7) is 3.20. The molecule has 0 aliphatic heterocycles. The van der Waals surface area contributed by atoms with E-state index >= 15 is 0 Å². The average Bonchev–Trinajstić information content (AvgIpc) is 2.44. The normalized spacial score (nSPS) is 12.4. The first kappa shape index (κ1) is 17.9. The van der Waals surface area contributed by atoms with E-state index in [4.69, 9.17) is 16.7 Å². The van der Waals surface area contributed by atoms with E-state index in [9.17, 15) is 18.3 Å². The predicted molar refractivity (Wildman–Crippen MR) is 79.1 cm³/mol. The van der Waals surface area contributed by atoms with Gasteiger partial charge in [-0.15, -0.1) is 0 Å². The van der Waals surface area contributed by atoms with E-state index in [1.807, 2.05) is 0 Å². The molecule has 0 heterocycles. The Morgan fingerprint density at radius 3 is 2.29 bits per heavy atom. The molecule has 6 nitrogen and oxygen atoms in total. The maximum absolute atomic E-state index is 12.3. The molecule has 0 saturated carbocycles. The highest BCUT2D eigenvalue weighted by Crippen LogP contribution is 2.23. The molecule has 1 aromatic rings. The molecule has 3 N–H and O–H groups in total. The number of carboxylic acids is 1. The van der Waals surface area contributed by atoms with Crippen LogP contribution in [0.3, 0.4) is 0 Å². The van der Waals surface area contributed by atoms with Crippen LogP contribution in [0.1, 0.15) is 37.0 Å². The predicted octanol–water partition coefficient (Wildman–Crippen LogP) is 1.87. The Morgan fingerprint density at radius 1 is 1.33 bits per heavy atom. The van der Waals surface area contributed by atoms with Gasteiger partial charge in [0.15, 0.2) is 0 Å². The van der Waals surface area contributed by atoms with Crippen molar-refractivity contribution in [3.63, 3.8) is 0 Å². The van der Waals surface area contributed by atoms with Crippen LogP contribution >= 0.6 is 11.6 Å². The monoisotopic (exact) mass is 335 g/mol. The number of sulfonamides is 1. The lowest BCUT2D eigenvalue weighted by molar-refractivity contribution is 0.0697. The Labute approximate surface area is 128 Å². The van der Waals surface area contributed by atoms with Crippen molar-refractivity contribution in [3.05, 3.63) is 28.8 Å². The second-order valence-electron chi connectivity index (χ2n) is 4.70. The van der Waals surface area contributed by atoms with Gasteiger partial charge in [0, 0.05) is 0 Å². The minimum Gasteiger partial charge on any atom is -0.478 e. The highest BCUT2D eigenvalue weighted by molar-refractivity contribution is 7.89. The number of nitrogens with one attached hydrogen (secondary N) is 1. The molecule has 0 amide bonds. The Hall–Kier alpha value is -1.15. The minimum absolute atomic E-state index is 0.141. The molecule has 0 radical (unpaired) electrons. The third-order valence-electron chi connectivity index (χ3n) is 3.49. The third kappa shape index (κ3) is 3.94. The van der Waals surface area contributed by atoms with E-state index < -0.39 is 21.5 Å². The molecule has 118 valence electrons. The van der Waals surface area contributed by atoms with Crippen LogP contribution in [0.2, 0.25) is 5.02 Å². The van der Waals surface area contributed by atoms with Gasteiger partial charge < -0.3 is 10.2 Å². The molecular weight excluding hydrogens is 318 g/mol. The van der Waals surface area contributed by atoms with E-state index in [1.165, 1.54) is 6.07 Å². The SMILES string of the molecule is CCC(CC)(CO)NS(=O)(=O)c1ccc(C(=O)O)c(Cl)c1. The summed E-state index contributed by atoms with van der Waals surface area (Å²) in [5.41, 5.74) is -1.12.